The molecule has 0 saturated heterocycles. The summed E-state index contributed by atoms with van der Waals surface area (Å²) in [6.45, 7) is 3.44. The largest absolute Gasteiger partial charge is 0.396 e. The summed E-state index contributed by atoms with van der Waals surface area (Å²) in [5, 5.41) is 15.6. The van der Waals surface area contributed by atoms with Crippen LogP contribution in [0.3, 0.4) is 0 Å². The fraction of sp³-hybridized carbons (Fsp3) is 0.588. The highest BCUT2D eigenvalue weighted by Gasteiger charge is 2.45. The summed E-state index contributed by atoms with van der Waals surface area (Å²) in [5.74, 6) is 0.328. The van der Waals surface area contributed by atoms with Crippen LogP contribution in [-0.4, -0.2) is 30.8 Å². The molecule has 122 valence electrons. The van der Waals surface area contributed by atoms with E-state index in [9.17, 15) is 4.79 Å². The maximum Gasteiger partial charge on any atom is 0.314 e. The fourth-order valence-electron chi connectivity index (χ4n) is 2.77. The molecule has 1 saturated carbocycles. The first-order valence-corrected chi connectivity index (χ1v) is 8.36. The van der Waals surface area contributed by atoms with Crippen LogP contribution in [0.1, 0.15) is 38.2 Å². The molecule has 0 bridgehead atoms. The minimum Gasteiger partial charge on any atom is -0.396 e. The normalized spacial score (nSPS) is 16.9. The third-order valence-electron chi connectivity index (χ3n) is 4.55. The van der Waals surface area contributed by atoms with Crippen molar-refractivity contribution in [2.75, 3.05) is 19.7 Å². The second-order valence-electron chi connectivity index (χ2n) is 6.11. The molecule has 1 aromatic carbocycles. The number of hydrogen-bond donors (Lipinski definition) is 3. The zero-order valence-corrected chi connectivity index (χ0v) is 13.8. The predicted octanol–water partition coefficient (Wildman–Crippen LogP) is 3.08. The third-order valence-corrected chi connectivity index (χ3v) is 4.88. The monoisotopic (exact) mass is 324 g/mol. The van der Waals surface area contributed by atoms with Crippen LogP contribution in [0.25, 0.3) is 0 Å². The second kappa shape index (κ2) is 7.84. The third kappa shape index (κ3) is 4.37. The molecule has 4 nitrogen and oxygen atoms in total. The number of aliphatic hydroxyl groups is 1. The lowest BCUT2D eigenvalue weighted by Crippen LogP contribution is -2.41. The predicted molar refractivity (Wildman–Crippen MR) is 89.2 cm³/mol. The van der Waals surface area contributed by atoms with Gasteiger partial charge >= 0.3 is 6.03 Å². The molecule has 1 unspecified atom stereocenters. The maximum atomic E-state index is 11.9. The molecule has 5 heteroatoms. The smallest absolute Gasteiger partial charge is 0.314 e. The van der Waals surface area contributed by atoms with E-state index in [4.69, 9.17) is 16.7 Å². The molecular formula is C17H25ClN2O2. The van der Waals surface area contributed by atoms with Gasteiger partial charge in [-0.25, -0.2) is 4.79 Å². The summed E-state index contributed by atoms with van der Waals surface area (Å²) in [6, 6.07) is 7.71. The first kappa shape index (κ1) is 17.1. The minimum absolute atomic E-state index is 0.00490. The average molecular weight is 325 g/mol. The number of aliphatic hydroxyl groups excluding tert-OH is 1. The number of rotatable bonds is 8. The Kier molecular flexibility index (Phi) is 6.09. The van der Waals surface area contributed by atoms with Crippen LogP contribution in [0.15, 0.2) is 24.3 Å². The molecule has 1 aromatic rings. The van der Waals surface area contributed by atoms with Gasteiger partial charge in [0, 0.05) is 30.1 Å². The van der Waals surface area contributed by atoms with Crippen LogP contribution in [-0.2, 0) is 5.41 Å². The molecule has 22 heavy (non-hydrogen) atoms. The van der Waals surface area contributed by atoms with Crippen molar-refractivity contribution in [3.8, 4) is 0 Å². The van der Waals surface area contributed by atoms with E-state index in [2.05, 4.69) is 17.6 Å². The number of halogens is 1. The van der Waals surface area contributed by atoms with E-state index in [0.717, 1.165) is 36.3 Å². The van der Waals surface area contributed by atoms with Crippen LogP contribution < -0.4 is 10.6 Å². The van der Waals surface area contributed by atoms with E-state index in [1.807, 2.05) is 24.3 Å². The lowest BCUT2D eigenvalue weighted by Gasteiger charge is -2.19. The molecule has 1 fully saturated rings. The van der Waals surface area contributed by atoms with Crippen molar-refractivity contribution in [1.82, 2.24) is 10.6 Å². The van der Waals surface area contributed by atoms with Crippen molar-refractivity contribution in [3.63, 3.8) is 0 Å². The molecule has 1 aliphatic carbocycles. The minimum atomic E-state index is -0.144. The van der Waals surface area contributed by atoms with Crippen LogP contribution >= 0.6 is 11.6 Å². The SMILES string of the molecule is CCC(CCO)CNC(=O)NCC1(c2ccccc2Cl)CC1. The average Bonchev–Trinajstić information content (AvgIpc) is 3.31. The van der Waals surface area contributed by atoms with Gasteiger partial charge in [-0.15, -0.1) is 0 Å². The lowest BCUT2D eigenvalue weighted by atomic mass is 9.96. The number of hydrogen-bond acceptors (Lipinski definition) is 2. The van der Waals surface area contributed by atoms with Gasteiger partial charge < -0.3 is 15.7 Å². The second-order valence-corrected chi connectivity index (χ2v) is 6.52. The van der Waals surface area contributed by atoms with Gasteiger partial charge in [-0.2, -0.15) is 0 Å². The molecule has 1 aliphatic rings. The molecule has 0 heterocycles. The van der Waals surface area contributed by atoms with Crippen molar-refractivity contribution in [2.45, 2.75) is 38.0 Å². The number of amides is 2. The first-order chi connectivity index (χ1) is 10.6. The summed E-state index contributed by atoms with van der Waals surface area (Å²) in [7, 11) is 0. The Hall–Kier alpha value is -1.26. The van der Waals surface area contributed by atoms with Crippen molar-refractivity contribution in [2.24, 2.45) is 5.92 Å². The highest BCUT2D eigenvalue weighted by Crippen LogP contribution is 2.49. The number of carbonyl (C=O) groups is 1. The fourth-order valence-corrected chi connectivity index (χ4v) is 3.10. The molecule has 0 aliphatic heterocycles. The van der Waals surface area contributed by atoms with Crippen LogP contribution in [0.5, 0.6) is 0 Å². The Bertz CT molecular complexity index is 503. The van der Waals surface area contributed by atoms with Gasteiger partial charge in [-0.1, -0.05) is 43.1 Å². The number of urea groups is 1. The van der Waals surface area contributed by atoms with Gasteiger partial charge in [-0.05, 0) is 36.8 Å². The number of nitrogens with one attached hydrogen (secondary N) is 2. The van der Waals surface area contributed by atoms with Crippen LogP contribution in [0.2, 0.25) is 5.02 Å². The number of carbonyl (C=O) groups excluding carboxylic acids is 1. The Morgan fingerprint density at radius 1 is 1.36 bits per heavy atom. The standard InChI is InChI=1S/C17H25ClN2O2/c1-2-13(7-10-21)11-19-16(22)20-12-17(8-9-17)14-5-3-4-6-15(14)18/h3-6,13,21H,2,7-12H2,1H3,(H2,19,20,22). The molecule has 3 N–H and O–H groups in total. The molecule has 2 rings (SSSR count). The zero-order chi connectivity index (χ0) is 16.0. The molecule has 0 spiro atoms. The van der Waals surface area contributed by atoms with E-state index < -0.39 is 0 Å². The van der Waals surface area contributed by atoms with E-state index >= 15 is 0 Å². The first-order valence-electron chi connectivity index (χ1n) is 7.99. The Labute approximate surface area is 137 Å². The lowest BCUT2D eigenvalue weighted by molar-refractivity contribution is 0.230. The van der Waals surface area contributed by atoms with Crippen LogP contribution in [0, 0.1) is 5.92 Å². The molecule has 2 amide bonds. The van der Waals surface area contributed by atoms with E-state index in [-0.39, 0.29) is 18.1 Å². The van der Waals surface area contributed by atoms with Gasteiger partial charge in [0.05, 0.1) is 0 Å². The summed E-state index contributed by atoms with van der Waals surface area (Å²) >= 11 is 6.27. The maximum absolute atomic E-state index is 11.9. The molecular weight excluding hydrogens is 300 g/mol. The van der Waals surface area contributed by atoms with Crippen molar-refractivity contribution in [1.29, 1.82) is 0 Å². The summed E-state index contributed by atoms with van der Waals surface area (Å²) in [5.41, 5.74) is 1.13. The summed E-state index contributed by atoms with van der Waals surface area (Å²) in [4.78, 5) is 11.9. The van der Waals surface area contributed by atoms with Crippen molar-refractivity contribution >= 4 is 17.6 Å². The highest BCUT2D eigenvalue weighted by molar-refractivity contribution is 6.31. The van der Waals surface area contributed by atoms with Gasteiger partial charge in [0.1, 0.15) is 0 Å². The highest BCUT2D eigenvalue weighted by atomic mass is 35.5. The van der Waals surface area contributed by atoms with Gasteiger partial charge in [0.15, 0.2) is 0 Å². The van der Waals surface area contributed by atoms with Crippen LogP contribution in [0.4, 0.5) is 4.79 Å². The van der Waals surface area contributed by atoms with E-state index in [1.54, 1.807) is 0 Å². The summed E-state index contributed by atoms with van der Waals surface area (Å²) < 4.78 is 0. The molecule has 0 radical (unpaired) electrons. The van der Waals surface area contributed by atoms with Crippen molar-refractivity contribution in [3.05, 3.63) is 34.9 Å². The van der Waals surface area contributed by atoms with E-state index in [1.165, 1.54) is 0 Å². The quantitative estimate of drug-likeness (QED) is 0.688. The molecule has 0 aromatic heterocycles. The van der Waals surface area contributed by atoms with Gasteiger partial charge in [-0.3, -0.25) is 0 Å². The van der Waals surface area contributed by atoms with Gasteiger partial charge in [0.25, 0.3) is 0 Å². The van der Waals surface area contributed by atoms with Crippen molar-refractivity contribution < 1.29 is 9.90 Å². The Morgan fingerprint density at radius 2 is 2.09 bits per heavy atom. The topological polar surface area (TPSA) is 61.4 Å². The molecule has 1 atom stereocenters. The summed E-state index contributed by atoms with van der Waals surface area (Å²) in [6.07, 6.45) is 3.78. The van der Waals surface area contributed by atoms with Gasteiger partial charge in [0.2, 0.25) is 0 Å². The number of benzene rings is 1. The zero-order valence-electron chi connectivity index (χ0n) is 13.1. The Balaban J connectivity index is 1.80. The Morgan fingerprint density at radius 3 is 2.68 bits per heavy atom. The van der Waals surface area contributed by atoms with E-state index in [0.29, 0.717) is 19.0 Å².